The third kappa shape index (κ3) is 3.41. The van der Waals surface area contributed by atoms with Crippen molar-refractivity contribution in [3.63, 3.8) is 0 Å². The van der Waals surface area contributed by atoms with E-state index in [9.17, 15) is 14.3 Å². The molecule has 2 aromatic rings. The number of H-pyrrole nitrogens is 1. The molecule has 6 heteroatoms. The van der Waals surface area contributed by atoms with Gasteiger partial charge in [-0.1, -0.05) is 13.3 Å². The molecule has 4 unspecified atom stereocenters. The van der Waals surface area contributed by atoms with Crippen LogP contribution in [0.3, 0.4) is 0 Å². The fraction of sp³-hybridized carbons (Fsp3) is 0.609. The minimum Gasteiger partial charge on any atom is -0.494 e. The molecular formula is C23H31FN2O3. The van der Waals surface area contributed by atoms with Gasteiger partial charge in [0.1, 0.15) is 0 Å². The molecule has 4 atom stereocenters. The second-order valence-corrected chi connectivity index (χ2v) is 9.15. The maximum atomic E-state index is 15.0. The van der Waals surface area contributed by atoms with Crippen molar-refractivity contribution >= 4 is 16.8 Å². The first kappa shape index (κ1) is 20.2. The Hall–Kier alpha value is -2.08. The number of hydrogen-bond donors (Lipinski definition) is 2. The van der Waals surface area contributed by atoms with Gasteiger partial charge in [-0.15, -0.1) is 0 Å². The average Bonchev–Trinajstić information content (AvgIpc) is 3.12. The monoisotopic (exact) mass is 402 g/mol. The third-order valence-electron chi connectivity index (χ3n) is 7.11. The Balaban J connectivity index is 1.69. The number of fused-ring (bicyclic) bond motifs is 3. The van der Waals surface area contributed by atoms with Crippen LogP contribution in [-0.2, 0) is 4.79 Å². The van der Waals surface area contributed by atoms with E-state index in [1.807, 2.05) is 11.8 Å². The summed E-state index contributed by atoms with van der Waals surface area (Å²) in [4.78, 5) is 18.8. The van der Waals surface area contributed by atoms with Crippen LogP contribution in [-0.4, -0.2) is 46.7 Å². The van der Waals surface area contributed by atoms with Gasteiger partial charge in [0.15, 0.2) is 11.6 Å². The van der Waals surface area contributed by atoms with Gasteiger partial charge < -0.3 is 19.7 Å². The molecular weight excluding hydrogens is 371 g/mol. The Kier molecular flexibility index (Phi) is 5.32. The van der Waals surface area contributed by atoms with Crippen molar-refractivity contribution in [2.24, 2.45) is 5.41 Å². The number of ether oxygens (including phenoxy) is 1. The van der Waals surface area contributed by atoms with E-state index in [-0.39, 0.29) is 35.8 Å². The van der Waals surface area contributed by atoms with Gasteiger partial charge in [-0.2, -0.15) is 0 Å². The summed E-state index contributed by atoms with van der Waals surface area (Å²) in [5.41, 5.74) is 1.57. The van der Waals surface area contributed by atoms with E-state index < -0.39 is 11.7 Å². The lowest BCUT2D eigenvalue weighted by atomic mass is 9.65. The third-order valence-corrected chi connectivity index (χ3v) is 7.11. The van der Waals surface area contributed by atoms with Crippen LogP contribution in [0.4, 0.5) is 4.39 Å². The highest BCUT2D eigenvalue weighted by Crippen LogP contribution is 2.48. The van der Waals surface area contributed by atoms with E-state index in [2.05, 4.69) is 11.9 Å². The van der Waals surface area contributed by atoms with E-state index >= 15 is 0 Å². The van der Waals surface area contributed by atoms with E-state index in [0.717, 1.165) is 25.7 Å². The molecule has 1 aliphatic carbocycles. The summed E-state index contributed by atoms with van der Waals surface area (Å²) in [7, 11) is 1.44. The van der Waals surface area contributed by atoms with Crippen molar-refractivity contribution in [1.29, 1.82) is 0 Å². The van der Waals surface area contributed by atoms with Crippen molar-refractivity contribution in [2.75, 3.05) is 13.7 Å². The number of nitrogens with zero attached hydrogens (tertiary/aromatic N) is 1. The summed E-state index contributed by atoms with van der Waals surface area (Å²) in [6, 6.07) is 3.62. The van der Waals surface area contributed by atoms with Crippen LogP contribution in [0, 0.1) is 11.2 Å². The number of aliphatic hydroxyl groups excluding tert-OH is 1. The van der Waals surface area contributed by atoms with Crippen LogP contribution in [0.2, 0.25) is 0 Å². The molecule has 2 N–H and O–H groups in total. The number of amides is 1. The maximum absolute atomic E-state index is 15.0. The zero-order valence-electron chi connectivity index (χ0n) is 17.5. The van der Waals surface area contributed by atoms with Crippen molar-refractivity contribution in [3.8, 4) is 5.75 Å². The molecule has 29 heavy (non-hydrogen) atoms. The molecule has 1 amide bonds. The first-order valence-electron chi connectivity index (χ1n) is 10.6. The number of hydrogen-bond acceptors (Lipinski definition) is 3. The second-order valence-electron chi connectivity index (χ2n) is 9.15. The highest BCUT2D eigenvalue weighted by molar-refractivity contribution is 5.93. The number of rotatable bonds is 5. The predicted octanol–water partition coefficient (Wildman–Crippen LogP) is 4.35. The zero-order chi connectivity index (χ0) is 20.8. The normalized spacial score (nSPS) is 27.8. The Morgan fingerprint density at radius 2 is 2.24 bits per heavy atom. The first-order chi connectivity index (χ1) is 13.9. The number of aromatic amines is 1. The highest BCUT2D eigenvalue weighted by Gasteiger charge is 2.46. The second kappa shape index (κ2) is 7.63. The number of nitrogens with one attached hydrogen (secondary N) is 1. The number of aromatic nitrogens is 1. The van der Waals surface area contributed by atoms with E-state index in [1.54, 1.807) is 18.3 Å². The van der Waals surface area contributed by atoms with Crippen LogP contribution in [0.5, 0.6) is 5.75 Å². The minimum atomic E-state index is -0.474. The van der Waals surface area contributed by atoms with Gasteiger partial charge in [0, 0.05) is 35.8 Å². The van der Waals surface area contributed by atoms with Crippen molar-refractivity contribution in [1.82, 2.24) is 9.88 Å². The predicted molar refractivity (Wildman–Crippen MR) is 111 cm³/mol. The van der Waals surface area contributed by atoms with Gasteiger partial charge >= 0.3 is 0 Å². The fourth-order valence-electron chi connectivity index (χ4n) is 5.72. The smallest absolute Gasteiger partial charge is 0.230 e. The van der Waals surface area contributed by atoms with Crippen LogP contribution < -0.4 is 4.74 Å². The molecule has 2 fully saturated rings. The van der Waals surface area contributed by atoms with Crippen LogP contribution in [0.1, 0.15) is 63.9 Å². The summed E-state index contributed by atoms with van der Waals surface area (Å²) in [6.07, 6.45) is 7.61. The van der Waals surface area contributed by atoms with Crippen LogP contribution in [0.25, 0.3) is 10.9 Å². The van der Waals surface area contributed by atoms with Crippen molar-refractivity contribution < 1.29 is 19.0 Å². The van der Waals surface area contributed by atoms with Gasteiger partial charge in [-0.3, -0.25) is 4.79 Å². The van der Waals surface area contributed by atoms with Gasteiger partial charge in [0.2, 0.25) is 5.91 Å². The average molecular weight is 403 g/mol. The number of benzene rings is 1. The Morgan fingerprint density at radius 1 is 1.45 bits per heavy atom. The first-order valence-corrected chi connectivity index (χ1v) is 10.6. The molecule has 4 rings (SSSR count). The van der Waals surface area contributed by atoms with E-state index in [4.69, 9.17) is 4.74 Å². The standard InChI is InChI=1S/C23H31FN2O3/c1-14(17-13-25-18-6-7-19(29-3)21(24)20(17)18)22(28)26-15-5-4-9-23(2,11-15)12-16(26)8-10-27/h6-7,13-16,25,27H,4-5,8-12H2,1-3H3. The Morgan fingerprint density at radius 3 is 2.97 bits per heavy atom. The van der Waals surface area contributed by atoms with E-state index in [1.165, 1.54) is 13.5 Å². The van der Waals surface area contributed by atoms with Crippen LogP contribution in [0.15, 0.2) is 18.3 Å². The lowest BCUT2D eigenvalue weighted by Gasteiger charge is -2.53. The molecule has 1 aromatic carbocycles. The molecule has 0 spiro atoms. The molecule has 1 aliphatic heterocycles. The largest absolute Gasteiger partial charge is 0.494 e. The zero-order valence-corrected chi connectivity index (χ0v) is 17.5. The molecule has 2 bridgehead atoms. The Labute approximate surface area is 171 Å². The van der Waals surface area contributed by atoms with Crippen LogP contribution >= 0.6 is 0 Å². The molecule has 1 saturated carbocycles. The van der Waals surface area contributed by atoms with Gasteiger partial charge in [-0.25, -0.2) is 4.39 Å². The van der Waals surface area contributed by atoms with E-state index in [0.29, 0.717) is 22.9 Å². The lowest BCUT2D eigenvalue weighted by molar-refractivity contribution is -0.146. The number of methoxy groups -OCH3 is 1. The maximum Gasteiger partial charge on any atom is 0.230 e. The molecule has 158 valence electrons. The number of piperidine rings is 1. The quantitative estimate of drug-likeness (QED) is 0.781. The van der Waals surface area contributed by atoms with Crippen molar-refractivity contribution in [2.45, 2.75) is 70.4 Å². The summed E-state index contributed by atoms with van der Waals surface area (Å²) >= 11 is 0. The molecule has 0 radical (unpaired) electrons. The number of likely N-dealkylation sites (tertiary alicyclic amines) is 1. The molecule has 5 nitrogen and oxygen atoms in total. The summed E-state index contributed by atoms with van der Waals surface area (Å²) in [5.74, 6) is -0.702. The molecule has 2 heterocycles. The fourth-order valence-corrected chi connectivity index (χ4v) is 5.72. The molecule has 1 saturated heterocycles. The molecule has 1 aromatic heterocycles. The lowest BCUT2D eigenvalue weighted by Crippen LogP contribution is -2.57. The van der Waals surface area contributed by atoms with Crippen molar-refractivity contribution in [3.05, 3.63) is 29.7 Å². The minimum absolute atomic E-state index is 0.0283. The van der Waals surface area contributed by atoms with Gasteiger partial charge in [0.25, 0.3) is 0 Å². The number of aliphatic hydroxyl groups is 1. The summed E-state index contributed by atoms with van der Waals surface area (Å²) in [5, 5.41) is 10.0. The summed E-state index contributed by atoms with van der Waals surface area (Å²) in [6.45, 7) is 4.25. The number of carbonyl (C=O) groups is 1. The van der Waals surface area contributed by atoms with Gasteiger partial charge in [0.05, 0.1) is 13.0 Å². The van der Waals surface area contributed by atoms with Gasteiger partial charge in [-0.05, 0) is 62.1 Å². The summed E-state index contributed by atoms with van der Waals surface area (Å²) < 4.78 is 20.1. The Bertz CT molecular complexity index is 911. The highest BCUT2D eigenvalue weighted by atomic mass is 19.1. The molecule has 2 aliphatic rings. The number of halogens is 1. The topological polar surface area (TPSA) is 65.6 Å². The number of carbonyl (C=O) groups excluding carboxylic acids is 1. The SMILES string of the molecule is COc1ccc2[nH]cc(C(C)C(=O)N3C(CCO)CC4(C)CCCC3C4)c2c1F.